The van der Waals surface area contributed by atoms with Crippen molar-refractivity contribution in [3.8, 4) is 17.2 Å². The maximum Gasteiger partial charge on any atom is 0.296 e. The molecule has 0 saturated carbocycles. The summed E-state index contributed by atoms with van der Waals surface area (Å²) in [4.78, 5) is 33.1. The number of carbonyl (C=O) groups excluding carboxylic acids is 1. The minimum absolute atomic E-state index is 0.0352. The zero-order chi connectivity index (χ0) is 24.9. The second kappa shape index (κ2) is 8.43. The molecular formula is C26H21FN2O6. The average molecular weight is 476 g/mol. The molecule has 0 spiro atoms. The van der Waals surface area contributed by atoms with Gasteiger partial charge in [0, 0.05) is 6.20 Å². The molecule has 0 fully saturated rings. The number of fused-ring (bicyclic) bond motifs is 2. The molecule has 1 aliphatic rings. The Balaban J connectivity index is 1.85. The molecule has 0 unspecified atom stereocenters. The van der Waals surface area contributed by atoms with Gasteiger partial charge >= 0.3 is 0 Å². The first kappa shape index (κ1) is 22.4. The largest absolute Gasteiger partial charge is 0.493 e. The van der Waals surface area contributed by atoms with Gasteiger partial charge in [0.1, 0.15) is 17.2 Å². The predicted octanol–water partition coefficient (Wildman–Crippen LogP) is 4.41. The number of rotatable bonds is 5. The third kappa shape index (κ3) is 3.47. The van der Waals surface area contributed by atoms with E-state index < -0.39 is 23.2 Å². The van der Waals surface area contributed by atoms with E-state index in [9.17, 15) is 14.0 Å². The number of hydrogen-bond donors (Lipinski definition) is 0. The first-order chi connectivity index (χ1) is 16.9. The van der Waals surface area contributed by atoms with Gasteiger partial charge in [-0.15, -0.1) is 0 Å². The summed E-state index contributed by atoms with van der Waals surface area (Å²) in [6, 6.07) is 9.52. The molecule has 178 valence electrons. The van der Waals surface area contributed by atoms with E-state index in [0.29, 0.717) is 28.6 Å². The number of benzene rings is 2. The molecule has 3 heterocycles. The van der Waals surface area contributed by atoms with E-state index in [0.717, 1.165) is 11.6 Å². The highest BCUT2D eigenvalue weighted by Gasteiger charge is 2.45. The highest BCUT2D eigenvalue weighted by molar-refractivity contribution is 6.10. The lowest BCUT2D eigenvalue weighted by molar-refractivity contribution is 0.0970. The number of anilines is 1. The molecule has 4 aromatic rings. The zero-order valence-electron chi connectivity index (χ0n) is 19.4. The third-order valence-corrected chi connectivity index (χ3v) is 5.98. The van der Waals surface area contributed by atoms with Crippen molar-refractivity contribution >= 4 is 22.7 Å². The summed E-state index contributed by atoms with van der Waals surface area (Å²) < 4.78 is 36.3. The Morgan fingerprint density at radius 3 is 2.31 bits per heavy atom. The van der Waals surface area contributed by atoms with E-state index in [4.69, 9.17) is 18.6 Å². The van der Waals surface area contributed by atoms with Crippen LogP contribution in [0, 0.1) is 12.7 Å². The van der Waals surface area contributed by atoms with Gasteiger partial charge in [-0.1, -0.05) is 0 Å². The number of hydrogen-bond acceptors (Lipinski definition) is 7. The summed E-state index contributed by atoms with van der Waals surface area (Å²) in [5, 5.41) is 0.0352. The summed E-state index contributed by atoms with van der Waals surface area (Å²) in [7, 11) is 4.42. The van der Waals surface area contributed by atoms with Crippen LogP contribution in [0.25, 0.3) is 11.0 Å². The maximum absolute atomic E-state index is 14.0. The van der Waals surface area contributed by atoms with Crippen LogP contribution in [0.1, 0.15) is 33.3 Å². The highest BCUT2D eigenvalue weighted by Crippen LogP contribution is 2.46. The minimum Gasteiger partial charge on any atom is -0.493 e. The van der Waals surface area contributed by atoms with Crippen LogP contribution in [0.3, 0.4) is 0 Å². The molecule has 1 atom stereocenters. The molecule has 2 aromatic carbocycles. The van der Waals surface area contributed by atoms with Gasteiger partial charge in [0.15, 0.2) is 16.9 Å². The van der Waals surface area contributed by atoms with Crippen LogP contribution in [0.5, 0.6) is 17.2 Å². The van der Waals surface area contributed by atoms with Crippen LogP contribution in [0.4, 0.5) is 10.2 Å². The Bertz CT molecular complexity index is 1520. The Labute approximate surface area is 199 Å². The molecule has 9 heteroatoms. The van der Waals surface area contributed by atoms with Crippen LogP contribution < -0.4 is 24.5 Å². The van der Waals surface area contributed by atoms with Crippen LogP contribution in [0.15, 0.2) is 57.9 Å². The smallest absolute Gasteiger partial charge is 0.296 e. The Kier molecular flexibility index (Phi) is 5.39. The lowest BCUT2D eigenvalue weighted by Gasteiger charge is -2.25. The molecule has 0 bridgehead atoms. The van der Waals surface area contributed by atoms with Crippen molar-refractivity contribution in [3.05, 3.63) is 87.2 Å². The van der Waals surface area contributed by atoms with Gasteiger partial charge in [0.2, 0.25) is 11.5 Å². The lowest BCUT2D eigenvalue weighted by atomic mass is 9.97. The van der Waals surface area contributed by atoms with E-state index in [1.165, 1.54) is 38.4 Å². The van der Waals surface area contributed by atoms with Crippen molar-refractivity contribution in [2.75, 3.05) is 26.2 Å². The van der Waals surface area contributed by atoms with Crippen LogP contribution in [0.2, 0.25) is 0 Å². The fourth-order valence-corrected chi connectivity index (χ4v) is 4.41. The van der Waals surface area contributed by atoms with Crippen molar-refractivity contribution < 1.29 is 27.8 Å². The number of nitrogens with zero attached hydrogens (tertiary/aromatic N) is 2. The number of ether oxygens (including phenoxy) is 3. The molecule has 2 aromatic heterocycles. The number of aromatic nitrogens is 1. The van der Waals surface area contributed by atoms with Gasteiger partial charge < -0.3 is 18.6 Å². The minimum atomic E-state index is -0.940. The molecule has 0 radical (unpaired) electrons. The molecule has 8 nitrogen and oxygen atoms in total. The fourth-order valence-electron chi connectivity index (χ4n) is 4.41. The van der Waals surface area contributed by atoms with Gasteiger partial charge in [-0.05, 0) is 60.5 Å². The van der Waals surface area contributed by atoms with Crippen molar-refractivity contribution in [1.82, 2.24) is 4.98 Å². The second-order valence-corrected chi connectivity index (χ2v) is 8.04. The summed E-state index contributed by atoms with van der Waals surface area (Å²) in [6.07, 6.45) is 1.58. The zero-order valence-corrected chi connectivity index (χ0v) is 19.4. The number of pyridine rings is 1. The van der Waals surface area contributed by atoms with Crippen molar-refractivity contribution in [2.45, 2.75) is 13.0 Å². The molecule has 35 heavy (non-hydrogen) atoms. The number of halogens is 1. The normalized spacial score (nSPS) is 14.8. The van der Waals surface area contributed by atoms with Gasteiger partial charge in [-0.3, -0.25) is 14.5 Å². The standard InChI is InChI=1S/C26H21FN2O6/c1-13-7-8-28-20(9-13)29-22(14-10-18(32-2)24(34-4)19(11-14)33-3)21-23(30)16-12-15(27)5-6-17(16)35-25(21)26(29)31/h5-12,22H,1-4H3/t22-/m1/s1. The SMILES string of the molecule is COc1cc([C@@H]2c3c(oc4ccc(F)cc4c3=O)C(=O)N2c2cc(C)ccn2)cc(OC)c1OC. The summed E-state index contributed by atoms with van der Waals surface area (Å²) in [5.41, 5.74) is 1.05. The van der Waals surface area contributed by atoms with Gasteiger partial charge in [0.25, 0.3) is 5.91 Å². The molecule has 1 amide bonds. The van der Waals surface area contributed by atoms with Crippen LogP contribution in [-0.2, 0) is 0 Å². The fraction of sp³-hybridized carbons (Fsp3) is 0.192. The first-order valence-corrected chi connectivity index (χ1v) is 10.7. The van der Waals surface area contributed by atoms with Gasteiger partial charge in [-0.2, -0.15) is 0 Å². The molecule has 5 rings (SSSR count). The lowest BCUT2D eigenvalue weighted by Crippen LogP contribution is -2.30. The predicted molar refractivity (Wildman–Crippen MR) is 126 cm³/mol. The highest BCUT2D eigenvalue weighted by atomic mass is 19.1. The molecule has 0 aliphatic carbocycles. The topological polar surface area (TPSA) is 91.1 Å². The van der Waals surface area contributed by atoms with Gasteiger partial charge in [-0.25, -0.2) is 9.37 Å². The number of amides is 1. The Morgan fingerprint density at radius 1 is 0.971 bits per heavy atom. The number of carbonyl (C=O) groups is 1. The second-order valence-electron chi connectivity index (χ2n) is 8.04. The maximum atomic E-state index is 14.0. The van der Waals surface area contributed by atoms with Crippen LogP contribution >= 0.6 is 0 Å². The summed E-state index contributed by atoms with van der Waals surface area (Å²) >= 11 is 0. The van der Waals surface area contributed by atoms with E-state index in [2.05, 4.69) is 4.98 Å². The Morgan fingerprint density at radius 2 is 1.69 bits per heavy atom. The van der Waals surface area contributed by atoms with Gasteiger partial charge in [0.05, 0.1) is 38.3 Å². The van der Waals surface area contributed by atoms with E-state index in [1.807, 2.05) is 6.92 Å². The van der Waals surface area contributed by atoms with E-state index >= 15 is 0 Å². The summed E-state index contributed by atoms with van der Waals surface area (Å²) in [5.74, 6) is 0.116. The van der Waals surface area contributed by atoms with Crippen molar-refractivity contribution in [1.29, 1.82) is 0 Å². The Hall–Kier alpha value is -4.40. The molecule has 1 aliphatic heterocycles. The molecular weight excluding hydrogens is 455 g/mol. The molecule has 0 N–H and O–H groups in total. The quantitative estimate of drug-likeness (QED) is 0.421. The average Bonchev–Trinajstić information content (AvgIpc) is 3.16. The third-order valence-electron chi connectivity index (χ3n) is 5.98. The monoisotopic (exact) mass is 476 g/mol. The number of aryl methyl sites for hydroxylation is 1. The molecule has 0 saturated heterocycles. The van der Waals surface area contributed by atoms with E-state index in [-0.39, 0.29) is 22.3 Å². The summed E-state index contributed by atoms with van der Waals surface area (Å²) in [6.45, 7) is 1.87. The van der Waals surface area contributed by atoms with E-state index in [1.54, 1.807) is 30.5 Å². The number of methoxy groups -OCH3 is 3. The van der Waals surface area contributed by atoms with Crippen molar-refractivity contribution in [3.63, 3.8) is 0 Å². The first-order valence-electron chi connectivity index (χ1n) is 10.7. The van der Waals surface area contributed by atoms with Crippen LogP contribution in [-0.4, -0.2) is 32.2 Å². The van der Waals surface area contributed by atoms with Crippen molar-refractivity contribution in [2.24, 2.45) is 0 Å².